The van der Waals surface area contributed by atoms with E-state index < -0.39 is 5.97 Å². The van der Waals surface area contributed by atoms with Gasteiger partial charge in [-0.1, -0.05) is 63.2 Å². The molecule has 2 heterocycles. The number of hydrogen-bond acceptors (Lipinski definition) is 5. The summed E-state index contributed by atoms with van der Waals surface area (Å²) in [4.78, 5) is 29.1. The molecule has 4 rings (SSSR count). The van der Waals surface area contributed by atoms with E-state index in [1.807, 2.05) is 42.5 Å². The number of methoxy groups -OCH3 is 1. The summed E-state index contributed by atoms with van der Waals surface area (Å²) >= 11 is 1.48. The third-order valence-electron chi connectivity index (χ3n) is 6.01. The summed E-state index contributed by atoms with van der Waals surface area (Å²) in [7, 11) is 1.38. The normalized spacial score (nSPS) is 13.5. The molecule has 5 nitrogen and oxygen atoms in total. The van der Waals surface area contributed by atoms with Gasteiger partial charge in [-0.15, -0.1) is 23.7 Å². The monoisotopic (exact) mass is 498 g/mol. The molecule has 0 aliphatic carbocycles. The number of amides is 1. The first kappa shape index (κ1) is 25.9. The Morgan fingerprint density at radius 3 is 2.35 bits per heavy atom. The van der Waals surface area contributed by atoms with Crippen LogP contribution in [0.3, 0.4) is 0 Å². The summed E-state index contributed by atoms with van der Waals surface area (Å²) in [5, 5.41) is 3.55. The molecule has 0 unspecified atom stereocenters. The predicted molar refractivity (Wildman–Crippen MR) is 140 cm³/mol. The number of hydrogen-bond donors (Lipinski definition) is 1. The van der Waals surface area contributed by atoms with Crippen molar-refractivity contribution in [3.63, 3.8) is 0 Å². The highest BCUT2D eigenvalue weighted by molar-refractivity contribution is 7.17. The number of carbonyl (C=O) groups excluding carboxylic acids is 2. The van der Waals surface area contributed by atoms with Crippen molar-refractivity contribution in [2.75, 3.05) is 19.0 Å². The van der Waals surface area contributed by atoms with E-state index in [2.05, 4.69) is 43.1 Å². The number of carbonyl (C=O) groups is 2. The van der Waals surface area contributed by atoms with E-state index in [1.165, 1.54) is 29.6 Å². The SMILES string of the molecule is COC(=O)c1c(NC(=O)c2ccc(C(C)(C)C)cc2)sc2c1CCN(Cc1ccccc1)C2.Cl. The van der Waals surface area contributed by atoms with Crippen molar-refractivity contribution < 1.29 is 14.3 Å². The number of thiophene rings is 1. The Kier molecular flexibility index (Phi) is 8.18. The Hall–Kier alpha value is -2.67. The van der Waals surface area contributed by atoms with Crippen LogP contribution in [0.25, 0.3) is 0 Å². The molecule has 7 heteroatoms. The number of rotatable bonds is 5. The molecule has 0 bridgehead atoms. The van der Waals surface area contributed by atoms with Crippen LogP contribution in [-0.4, -0.2) is 30.4 Å². The molecule has 1 amide bonds. The van der Waals surface area contributed by atoms with Crippen LogP contribution in [0.1, 0.15) is 63.1 Å². The average molecular weight is 499 g/mol. The summed E-state index contributed by atoms with van der Waals surface area (Å²) in [6.45, 7) is 8.87. The molecule has 0 radical (unpaired) electrons. The van der Waals surface area contributed by atoms with Gasteiger partial charge in [-0.2, -0.15) is 0 Å². The van der Waals surface area contributed by atoms with Gasteiger partial charge in [0.15, 0.2) is 0 Å². The van der Waals surface area contributed by atoms with Crippen LogP contribution in [0.15, 0.2) is 54.6 Å². The molecule has 2 aromatic carbocycles. The molecule has 0 fully saturated rings. The number of nitrogens with one attached hydrogen (secondary N) is 1. The quantitative estimate of drug-likeness (QED) is 0.434. The Bertz CT molecular complexity index is 1150. The van der Waals surface area contributed by atoms with Crippen LogP contribution in [0.5, 0.6) is 0 Å². The van der Waals surface area contributed by atoms with Crippen LogP contribution < -0.4 is 5.32 Å². The lowest BCUT2D eigenvalue weighted by Gasteiger charge is -2.27. The van der Waals surface area contributed by atoms with Gasteiger partial charge in [-0.25, -0.2) is 4.79 Å². The molecule has 3 aromatic rings. The van der Waals surface area contributed by atoms with Crippen molar-refractivity contribution in [3.8, 4) is 0 Å². The Labute approximate surface area is 211 Å². The topological polar surface area (TPSA) is 58.6 Å². The summed E-state index contributed by atoms with van der Waals surface area (Å²) in [5.41, 5.74) is 4.50. The Morgan fingerprint density at radius 1 is 1.06 bits per heavy atom. The van der Waals surface area contributed by atoms with Crippen LogP contribution in [0, 0.1) is 0 Å². The average Bonchev–Trinajstić information content (AvgIpc) is 3.15. The second-order valence-electron chi connectivity index (χ2n) is 9.43. The minimum Gasteiger partial charge on any atom is -0.465 e. The minimum atomic E-state index is -0.401. The zero-order valence-corrected chi connectivity index (χ0v) is 21.6. The number of fused-ring (bicyclic) bond motifs is 1. The summed E-state index contributed by atoms with van der Waals surface area (Å²) in [6, 6.07) is 18.0. The van der Waals surface area contributed by atoms with Crippen molar-refractivity contribution in [2.45, 2.75) is 45.7 Å². The lowest BCUT2D eigenvalue weighted by molar-refractivity contribution is 0.0600. The molecule has 1 aromatic heterocycles. The van der Waals surface area contributed by atoms with Crippen LogP contribution in [0.2, 0.25) is 0 Å². The van der Waals surface area contributed by atoms with Crippen molar-refractivity contribution in [1.82, 2.24) is 4.90 Å². The number of halogens is 1. The van der Waals surface area contributed by atoms with Gasteiger partial charge in [0.2, 0.25) is 0 Å². The molecule has 180 valence electrons. The molecule has 34 heavy (non-hydrogen) atoms. The number of nitrogens with zero attached hydrogens (tertiary/aromatic N) is 1. The summed E-state index contributed by atoms with van der Waals surface area (Å²) in [5.74, 6) is -0.622. The highest BCUT2D eigenvalue weighted by Gasteiger charge is 2.29. The molecule has 0 saturated carbocycles. The molecular weight excluding hydrogens is 468 g/mol. The highest BCUT2D eigenvalue weighted by atomic mass is 35.5. The zero-order chi connectivity index (χ0) is 23.6. The third kappa shape index (κ3) is 5.69. The molecule has 0 saturated heterocycles. The summed E-state index contributed by atoms with van der Waals surface area (Å²) < 4.78 is 5.07. The van der Waals surface area contributed by atoms with Gasteiger partial charge in [0, 0.05) is 30.1 Å². The first-order valence-corrected chi connectivity index (χ1v) is 12.0. The molecule has 1 N–H and O–H groups in total. The van der Waals surface area contributed by atoms with Gasteiger partial charge in [0.25, 0.3) is 5.91 Å². The van der Waals surface area contributed by atoms with Gasteiger partial charge < -0.3 is 10.1 Å². The molecular formula is C27H31ClN2O3S. The number of anilines is 1. The molecule has 0 spiro atoms. The zero-order valence-electron chi connectivity index (χ0n) is 20.0. The Morgan fingerprint density at radius 2 is 1.74 bits per heavy atom. The van der Waals surface area contributed by atoms with Crippen molar-refractivity contribution in [3.05, 3.63) is 87.3 Å². The first-order valence-electron chi connectivity index (χ1n) is 11.2. The van der Waals surface area contributed by atoms with Crippen LogP contribution in [0.4, 0.5) is 5.00 Å². The fourth-order valence-corrected chi connectivity index (χ4v) is 5.41. The lowest BCUT2D eigenvalue weighted by Crippen LogP contribution is -2.29. The van der Waals surface area contributed by atoms with Crippen molar-refractivity contribution in [2.24, 2.45) is 0 Å². The van der Waals surface area contributed by atoms with Gasteiger partial charge in [-0.3, -0.25) is 9.69 Å². The third-order valence-corrected chi connectivity index (χ3v) is 7.15. The second kappa shape index (κ2) is 10.7. The van der Waals surface area contributed by atoms with Crippen molar-refractivity contribution in [1.29, 1.82) is 0 Å². The van der Waals surface area contributed by atoms with Crippen LogP contribution >= 0.6 is 23.7 Å². The van der Waals surface area contributed by atoms with Gasteiger partial charge in [0.1, 0.15) is 5.00 Å². The van der Waals surface area contributed by atoms with Crippen LogP contribution in [-0.2, 0) is 29.7 Å². The second-order valence-corrected chi connectivity index (χ2v) is 10.5. The van der Waals surface area contributed by atoms with Crippen molar-refractivity contribution >= 4 is 40.6 Å². The van der Waals surface area contributed by atoms with Gasteiger partial charge in [0.05, 0.1) is 12.7 Å². The number of ether oxygens (including phenoxy) is 1. The van der Waals surface area contributed by atoms with E-state index in [9.17, 15) is 9.59 Å². The first-order chi connectivity index (χ1) is 15.8. The van der Waals surface area contributed by atoms with Gasteiger partial charge >= 0.3 is 5.97 Å². The minimum absolute atomic E-state index is 0. The lowest BCUT2D eigenvalue weighted by atomic mass is 9.87. The predicted octanol–water partition coefficient (Wildman–Crippen LogP) is 6.06. The van der Waals surface area contributed by atoms with E-state index in [0.29, 0.717) is 16.1 Å². The fraction of sp³-hybridized carbons (Fsp3) is 0.333. The van der Waals surface area contributed by atoms with E-state index in [0.717, 1.165) is 36.5 Å². The molecule has 1 aliphatic rings. The largest absolute Gasteiger partial charge is 0.465 e. The highest BCUT2D eigenvalue weighted by Crippen LogP contribution is 2.38. The maximum atomic E-state index is 13.0. The summed E-state index contributed by atoms with van der Waals surface area (Å²) in [6.07, 6.45) is 0.749. The van der Waals surface area contributed by atoms with E-state index in [1.54, 1.807) is 0 Å². The number of benzene rings is 2. The standard InChI is InChI=1S/C27H30N2O3S.ClH/c1-27(2,3)20-12-10-19(11-13-20)24(30)28-25-23(26(31)32-4)21-14-15-29(17-22(21)33-25)16-18-8-6-5-7-9-18;/h5-13H,14-17H2,1-4H3,(H,28,30);1H. The molecule has 1 aliphatic heterocycles. The maximum Gasteiger partial charge on any atom is 0.341 e. The molecule has 0 atom stereocenters. The van der Waals surface area contributed by atoms with E-state index in [4.69, 9.17) is 4.74 Å². The smallest absolute Gasteiger partial charge is 0.341 e. The van der Waals surface area contributed by atoms with E-state index in [-0.39, 0.29) is 23.7 Å². The number of esters is 1. The van der Waals surface area contributed by atoms with Gasteiger partial charge in [-0.05, 0) is 40.7 Å². The van der Waals surface area contributed by atoms with E-state index >= 15 is 0 Å². The Balaban J connectivity index is 0.00000324. The fourth-order valence-electron chi connectivity index (χ4n) is 4.14. The maximum absolute atomic E-state index is 13.0.